The summed E-state index contributed by atoms with van der Waals surface area (Å²) < 4.78 is 16.7. The van der Waals surface area contributed by atoms with Gasteiger partial charge in [0.1, 0.15) is 25.6 Å². The Morgan fingerprint density at radius 2 is 1.48 bits per heavy atom. The molecule has 0 saturated carbocycles. The SMILES string of the molecule is Cc1cccc(OCCOc2ccccc2OCCO)c1. The van der Waals surface area contributed by atoms with Gasteiger partial charge in [-0.1, -0.05) is 24.3 Å². The maximum absolute atomic E-state index is 8.80. The number of hydrogen-bond acceptors (Lipinski definition) is 4. The maximum Gasteiger partial charge on any atom is 0.161 e. The molecule has 0 fully saturated rings. The summed E-state index contributed by atoms with van der Waals surface area (Å²) in [5, 5.41) is 8.80. The van der Waals surface area contributed by atoms with Crippen LogP contribution in [-0.4, -0.2) is 31.5 Å². The Labute approximate surface area is 124 Å². The molecule has 0 aliphatic carbocycles. The van der Waals surface area contributed by atoms with Gasteiger partial charge in [-0.15, -0.1) is 0 Å². The zero-order chi connectivity index (χ0) is 14.9. The molecule has 0 aliphatic heterocycles. The van der Waals surface area contributed by atoms with Gasteiger partial charge in [0, 0.05) is 0 Å². The lowest BCUT2D eigenvalue weighted by atomic mass is 10.2. The monoisotopic (exact) mass is 288 g/mol. The van der Waals surface area contributed by atoms with Gasteiger partial charge in [0.15, 0.2) is 11.5 Å². The Morgan fingerprint density at radius 1 is 0.810 bits per heavy atom. The summed E-state index contributed by atoms with van der Waals surface area (Å²) in [5.74, 6) is 2.12. The largest absolute Gasteiger partial charge is 0.490 e. The molecule has 1 N–H and O–H groups in total. The second-order valence-corrected chi connectivity index (χ2v) is 4.53. The van der Waals surface area contributed by atoms with E-state index in [0.717, 1.165) is 11.3 Å². The third-order valence-electron chi connectivity index (χ3n) is 2.80. The lowest BCUT2D eigenvalue weighted by molar-refractivity contribution is 0.184. The molecule has 0 amide bonds. The average molecular weight is 288 g/mol. The maximum atomic E-state index is 8.80. The van der Waals surface area contributed by atoms with Gasteiger partial charge in [-0.25, -0.2) is 0 Å². The minimum Gasteiger partial charge on any atom is -0.490 e. The Morgan fingerprint density at radius 3 is 2.14 bits per heavy atom. The Bertz CT molecular complexity index is 554. The predicted octanol–water partition coefficient (Wildman–Crippen LogP) is 2.82. The van der Waals surface area contributed by atoms with E-state index < -0.39 is 0 Å². The number of aliphatic hydroxyl groups is 1. The van der Waals surface area contributed by atoms with Crippen LogP contribution in [-0.2, 0) is 0 Å². The Hall–Kier alpha value is -2.20. The fourth-order valence-electron chi connectivity index (χ4n) is 1.86. The van der Waals surface area contributed by atoms with Crippen LogP contribution in [0.3, 0.4) is 0 Å². The van der Waals surface area contributed by atoms with Gasteiger partial charge in [0.2, 0.25) is 0 Å². The van der Waals surface area contributed by atoms with Gasteiger partial charge in [0.25, 0.3) is 0 Å². The normalized spacial score (nSPS) is 10.2. The first-order chi connectivity index (χ1) is 10.3. The minimum atomic E-state index is -0.0230. The highest BCUT2D eigenvalue weighted by Gasteiger charge is 2.04. The van der Waals surface area contributed by atoms with Crippen LogP contribution in [0.5, 0.6) is 17.2 Å². The van der Waals surface area contributed by atoms with Crippen molar-refractivity contribution in [3.8, 4) is 17.2 Å². The molecule has 0 bridgehead atoms. The van der Waals surface area contributed by atoms with Crippen molar-refractivity contribution in [2.24, 2.45) is 0 Å². The van der Waals surface area contributed by atoms with Gasteiger partial charge in [0.05, 0.1) is 6.61 Å². The van der Waals surface area contributed by atoms with Crippen LogP contribution in [0.2, 0.25) is 0 Å². The molecule has 0 saturated heterocycles. The van der Waals surface area contributed by atoms with Gasteiger partial charge in [-0.2, -0.15) is 0 Å². The third kappa shape index (κ3) is 5.00. The highest BCUT2D eigenvalue weighted by atomic mass is 16.5. The molecule has 2 aromatic rings. The molecule has 4 heteroatoms. The highest BCUT2D eigenvalue weighted by Crippen LogP contribution is 2.26. The molecule has 2 aromatic carbocycles. The van der Waals surface area contributed by atoms with Gasteiger partial charge >= 0.3 is 0 Å². The molecule has 4 nitrogen and oxygen atoms in total. The molecular formula is C17H20O4. The number of ether oxygens (including phenoxy) is 3. The predicted molar refractivity (Wildman–Crippen MR) is 81.2 cm³/mol. The van der Waals surface area contributed by atoms with Crippen molar-refractivity contribution in [2.75, 3.05) is 26.4 Å². The summed E-state index contributed by atoms with van der Waals surface area (Å²) in [6, 6.07) is 15.3. The smallest absolute Gasteiger partial charge is 0.161 e. The fourth-order valence-corrected chi connectivity index (χ4v) is 1.86. The lowest BCUT2D eigenvalue weighted by Crippen LogP contribution is -2.10. The second kappa shape index (κ2) is 8.17. The van der Waals surface area contributed by atoms with E-state index in [-0.39, 0.29) is 13.2 Å². The van der Waals surface area contributed by atoms with E-state index in [1.54, 1.807) is 0 Å². The van der Waals surface area contributed by atoms with E-state index in [1.807, 2.05) is 55.5 Å². The van der Waals surface area contributed by atoms with Crippen LogP contribution in [0.15, 0.2) is 48.5 Å². The standard InChI is InChI=1S/C17H20O4/c1-14-5-4-6-15(13-14)19-11-12-21-17-8-3-2-7-16(17)20-10-9-18/h2-8,13,18H,9-12H2,1H3. The highest BCUT2D eigenvalue weighted by molar-refractivity contribution is 5.39. The number of hydrogen-bond donors (Lipinski definition) is 1. The summed E-state index contributed by atoms with van der Waals surface area (Å²) in [7, 11) is 0. The first-order valence-electron chi connectivity index (χ1n) is 6.94. The number of para-hydroxylation sites is 2. The van der Waals surface area contributed by atoms with Crippen molar-refractivity contribution in [2.45, 2.75) is 6.92 Å². The summed E-state index contributed by atoms with van der Waals surface area (Å²) >= 11 is 0. The van der Waals surface area contributed by atoms with Crippen LogP contribution >= 0.6 is 0 Å². The van der Waals surface area contributed by atoms with Crippen LogP contribution in [0.4, 0.5) is 0 Å². The molecule has 0 aliphatic rings. The molecular weight excluding hydrogens is 268 g/mol. The van der Waals surface area contributed by atoms with Crippen molar-refractivity contribution in [1.29, 1.82) is 0 Å². The number of aliphatic hydroxyl groups excluding tert-OH is 1. The van der Waals surface area contributed by atoms with Gasteiger partial charge in [-0.3, -0.25) is 0 Å². The Balaban J connectivity index is 1.80. The number of rotatable bonds is 8. The molecule has 0 atom stereocenters. The summed E-state index contributed by atoms with van der Waals surface area (Å²) in [6.07, 6.45) is 0. The van der Waals surface area contributed by atoms with E-state index in [4.69, 9.17) is 19.3 Å². The molecule has 2 rings (SSSR count). The fraction of sp³-hybridized carbons (Fsp3) is 0.294. The Kier molecular flexibility index (Phi) is 5.91. The quantitative estimate of drug-likeness (QED) is 0.759. The van der Waals surface area contributed by atoms with Crippen molar-refractivity contribution < 1.29 is 19.3 Å². The van der Waals surface area contributed by atoms with Gasteiger partial charge < -0.3 is 19.3 Å². The molecule has 112 valence electrons. The van der Waals surface area contributed by atoms with E-state index in [2.05, 4.69) is 0 Å². The zero-order valence-corrected chi connectivity index (χ0v) is 12.1. The molecule has 0 radical (unpaired) electrons. The summed E-state index contributed by atoms with van der Waals surface area (Å²) in [6.45, 7) is 3.13. The van der Waals surface area contributed by atoms with Crippen LogP contribution in [0.1, 0.15) is 5.56 Å². The number of benzene rings is 2. The molecule has 0 spiro atoms. The summed E-state index contributed by atoms with van der Waals surface area (Å²) in [4.78, 5) is 0. The molecule has 21 heavy (non-hydrogen) atoms. The third-order valence-corrected chi connectivity index (χ3v) is 2.80. The van der Waals surface area contributed by atoms with Crippen molar-refractivity contribution in [1.82, 2.24) is 0 Å². The van der Waals surface area contributed by atoms with Crippen LogP contribution in [0.25, 0.3) is 0 Å². The molecule has 0 heterocycles. The van der Waals surface area contributed by atoms with E-state index in [9.17, 15) is 0 Å². The second-order valence-electron chi connectivity index (χ2n) is 4.53. The van der Waals surface area contributed by atoms with Crippen LogP contribution in [0, 0.1) is 6.92 Å². The first kappa shape index (κ1) is 15.2. The topological polar surface area (TPSA) is 47.9 Å². The lowest BCUT2D eigenvalue weighted by Gasteiger charge is -2.12. The van der Waals surface area contributed by atoms with Crippen LogP contribution < -0.4 is 14.2 Å². The van der Waals surface area contributed by atoms with E-state index >= 15 is 0 Å². The first-order valence-corrected chi connectivity index (χ1v) is 6.94. The van der Waals surface area contributed by atoms with Crippen molar-refractivity contribution in [3.05, 3.63) is 54.1 Å². The number of aryl methyl sites for hydroxylation is 1. The van der Waals surface area contributed by atoms with Gasteiger partial charge in [-0.05, 0) is 36.8 Å². The summed E-state index contributed by atoms with van der Waals surface area (Å²) in [5.41, 5.74) is 1.16. The van der Waals surface area contributed by atoms with Crippen molar-refractivity contribution in [3.63, 3.8) is 0 Å². The van der Waals surface area contributed by atoms with Crippen molar-refractivity contribution >= 4 is 0 Å². The molecule has 0 unspecified atom stereocenters. The molecule has 0 aromatic heterocycles. The average Bonchev–Trinajstić information content (AvgIpc) is 2.50. The zero-order valence-electron chi connectivity index (χ0n) is 12.1. The minimum absolute atomic E-state index is 0.0230. The van der Waals surface area contributed by atoms with E-state index in [0.29, 0.717) is 24.7 Å². The van der Waals surface area contributed by atoms with E-state index in [1.165, 1.54) is 0 Å².